The van der Waals surface area contributed by atoms with Crippen LogP contribution in [-0.4, -0.2) is 69.3 Å². The SMILES string of the molecule is CCCCN(C(=O)CN1CC(c2ccc3c(c2)OCO3)C(C(=O)O)C1CCc1ncccn1)c1cccnc1. The van der Waals surface area contributed by atoms with Gasteiger partial charge in [0.25, 0.3) is 0 Å². The number of pyridine rings is 1. The van der Waals surface area contributed by atoms with Crippen molar-refractivity contribution in [2.24, 2.45) is 5.92 Å². The average Bonchev–Trinajstić information content (AvgIpc) is 3.57. The van der Waals surface area contributed by atoms with Crippen molar-refractivity contribution in [1.82, 2.24) is 19.9 Å². The summed E-state index contributed by atoms with van der Waals surface area (Å²) in [4.78, 5) is 43.1. The fraction of sp³-hybridized carbons (Fsp3) is 0.414. The van der Waals surface area contributed by atoms with Crippen LogP contribution >= 0.6 is 0 Å². The van der Waals surface area contributed by atoms with Gasteiger partial charge in [-0.2, -0.15) is 0 Å². The first-order valence-corrected chi connectivity index (χ1v) is 13.4. The van der Waals surface area contributed by atoms with Crippen molar-refractivity contribution in [3.8, 4) is 11.5 Å². The maximum Gasteiger partial charge on any atom is 0.308 e. The van der Waals surface area contributed by atoms with E-state index in [-0.39, 0.29) is 31.2 Å². The van der Waals surface area contributed by atoms with Gasteiger partial charge in [-0.15, -0.1) is 0 Å². The minimum atomic E-state index is -0.887. The van der Waals surface area contributed by atoms with E-state index in [1.54, 1.807) is 35.8 Å². The number of unbranched alkanes of at least 4 members (excludes halogenated alkanes) is 1. The van der Waals surface area contributed by atoms with Crippen molar-refractivity contribution >= 4 is 17.6 Å². The summed E-state index contributed by atoms with van der Waals surface area (Å²) < 4.78 is 11.0. The number of hydrogen-bond donors (Lipinski definition) is 1. The van der Waals surface area contributed by atoms with Crippen LogP contribution in [0.1, 0.15) is 43.5 Å². The van der Waals surface area contributed by atoms with Gasteiger partial charge in [0, 0.05) is 50.1 Å². The van der Waals surface area contributed by atoms with Crippen LogP contribution in [0.3, 0.4) is 0 Å². The molecule has 1 aromatic carbocycles. The van der Waals surface area contributed by atoms with Crippen molar-refractivity contribution in [3.63, 3.8) is 0 Å². The maximum absolute atomic E-state index is 13.7. The van der Waals surface area contributed by atoms with E-state index < -0.39 is 11.9 Å². The number of likely N-dealkylation sites (tertiary alicyclic amines) is 1. The molecule has 3 aromatic rings. The zero-order chi connectivity index (χ0) is 27.2. The minimum Gasteiger partial charge on any atom is -0.481 e. The van der Waals surface area contributed by atoms with E-state index in [9.17, 15) is 14.7 Å². The Bertz CT molecular complexity index is 1280. The number of amides is 1. The second kappa shape index (κ2) is 12.2. The average molecular weight is 532 g/mol. The summed E-state index contributed by atoms with van der Waals surface area (Å²) in [6.07, 6.45) is 9.56. The number of carboxylic acid groups (broad SMARTS) is 1. The third kappa shape index (κ3) is 6.01. The topological polar surface area (TPSA) is 118 Å². The lowest BCUT2D eigenvalue weighted by atomic mass is 9.83. The van der Waals surface area contributed by atoms with Crippen LogP contribution in [0.25, 0.3) is 0 Å². The van der Waals surface area contributed by atoms with Crippen LogP contribution in [0.2, 0.25) is 0 Å². The first kappa shape index (κ1) is 26.6. The number of fused-ring (bicyclic) bond motifs is 1. The molecule has 3 atom stereocenters. The van der Waals surface area contributed by atoms with Gasteiger partial charge in [-0.3, -0.25) is 19.5 Å². The predicted octanol–water partition coefficient (Wildman–Crippen LogP) is 3.54. The normalized spacial score (nSPS) is 20.2. The monoisotopic (exact) mass is 531 g/mol. The Hall–Kier alpha value is -4.05. The first-order valence-electron chi connectivity index (χ1n) is 13.4. The molecule has 0 aliphatic carbocycles. The number of rotatable bonds is 11. The Labute approximate surface area is 227 Å². The fourth-order valence-electron chi connectivity index (χ4n) is 5.56. The number of aromatic nitrogens is 3. The Balaban J connectivity index is 1.43. The zero-order valence-corrected chi connectivity index (χ0v) is 22.0. The molecular weight excluding hydrogens is 498 g/mol. The molecular formula is C29H33N5O5. The van der Waals surface area contributed by atoms with Gasteiger partial charge < -0.3 is 19.5 Å². The highest BCUT2D eigenvalue weighted by Crippen LogP contribution is 2.43. The number of nitrogens with zero attached hydrogens (tertiary/aromatic N) is 5. The van der Waals surface area contributed by atoms with Crippen molar-refractivity contribution in [1.29, 1.82) is 0 Å². The van der Waals surface area contributed by atoms with Crippen molar-refractivity contribution in [3.05, 3.63) is 72.6 Å². The van der Waals surface area contributed by atoms with E-state index in [4.69, 9.17) is 9.47 Å². The molecule has 4 heterocycles. The highest BCUT2D eigenvalue weighted by molar-refractivity contribution is 5.94. The summed E-state index contributed by atoms with van der Waals surface area (Å²) in [5.74, 6) is -0.0912. The highest BCUT2D eigenvalue weighted by atomic mass is 16.7. The van der Waals surface area contributed by atoms with Crippen molar-refractivity contribution in [2.45, 2.75) is 44.6 Å². The molecule has 2 aliphatic heterocycles. The van der Waals surface area contributed by atoms with Gasteiger partial charge in [0.2, 0.25) is 12.7 Å². The smallest absolute Gasteiger partial charge is 0.308 e. The Morgan fingerprint density at radius 3 is 2.67 bits per heavy atom. The van der Waals surface area contributed by atoms with Crippen LogP contribution in [0.4, 0.5) is 5.69 Å². The third-order valence-electron chi connectivity index (χ3n) is 7.47. The number of hydrogen-bond acceptors (Lipinski definition) is 8. The number of aliphatic carboxylic acids is 1. The highest BCUT2D eigenvalue weighted by Gasteiger charge is 2.47. The number of carbonyl (C=O) groups is 2. The Kier molecular flexibility index (Phi) is 8.31. The third-order valence-corrected chi connectivity index (χ3v) is 7.47. The summed E-state index contributed by atoms with van der Waals surface area (Å²) in [6.45, 7) is 3.34. The zero-order valence-electron chi connectivity index (χ0n) is 22.0. The number of aryl methyl sites for hydroxylation is 1. The van der Waals surface area contributed by atoms with Crippen molar-refractivity contribution < 1.29 is 24.2 Å². The maximum atomic E-state index is 13.7. The Morgan fingerprint density at radius 2 is 1.92 bits per heavy atom. The van der Waals surface area contributed by atoms with Crippen LogP contribution in [0.15, 0.2) is 61.2 Å². The summed E-state index contributed by atoms with van der Waals surface area (Å²) in [5, 5.41) is 10.4. The van der Waals surface area contributed by atoms with Crippen LogP contribution in [-0.2, 0) is 16.0 Å². The van der Waals surface area contributed by atoms with E-state index >= 15 is 0 Å². The lowest BCUT2D eigenvalue weighted by Crippen LogP contribution is -2.44. The van der Waals surface area contributed by atoms with Gasteiger partial charge in [0.1, 0.15) is 5.82 Å². The van der Waals surface area contributed by atoms with E-state index in [0.29, 0.717) is 43.3 Å². The minimum absolute atomic E-state index is 0.0760. The summed E-state index contributed by atoms with van der Waals surface area (Å²) in [5.41, 5.74) is 1.60. The number of benzene rings is 1. The molecule has 10 nitrogen and oxygen atoms in total. The molecule has 2 aromatic heterocycles. The second-order valence-electron chi connectivity index (χ2n) is 9.89. The van der Waals surface area contributed by atoms with Crippen LogP contribution in [0.5, 0.6) is 11.5 Å². The van der Waals surface area contributed by atoms with Gasteiger partial charge >= 0.3 is 5.97 Å². The van der Waals surface area contributed by atoms with E-state index in [1.165, 1.54) is 0 Å². The summed E-state index contributed by atoms with van der Waals surface area (Å²) in [6, 6.07) is 10.7. The molecule has 1 saturated heterocycles. The van der Waals surface area contributed by atoms with Gasteiger partial charge in [-0.1, -0.05) is 19.4 Å². The van der Waals surface area contributed by atoms with E-state index in [1.807, 2.05) is 35.2 Å². The van der Waals surface area contributed by atoms with Crippen molar-refractivity contribution in [2.75, 3.05) is 31.3 Å². The molecule has 39 heavy (non-hydrogen) atoms. The summed E-state index contributed by atoms with van der Waals surface area (Å²) >= 11 is 0. The molecule has 1 N–H and O–H groups in total. The molecule has 2 aliphatic rings. The quantitative estimate of drug-likeness (QED) is 0.396. The molecule has 1 fully saturated rings. The number of carboxylic acids is 1. The molecule has 0 spiro atoms. The molecule has 3 unspecified atom stereocenters. The van der Waals surface area contributed by atoms with Gasteiger partial charge in [0.15, 0.2) is 11.5 Å². The van der Waals surface area contributed by atoms with Crippen LogP contribution in [0, 0.1) is 5.92 Å². The summed E-state index contributed by atoms with van der Waals surface area (Å²) in [7, 11) is 0. The second-order valence-corrected chi connectivity index (χ2v) is 9.89. The molecule has 1 amide bonds. The molecule has 0 radical (unpaired) electrons. The predicted molar refractivity (Wildman–Crippen MR) is 144 cm³/mol. The standard InChI is InChI=1S/C29H33N5O5/c1-2-3-14-34(21-6-4-11-30-16-21)27(35)18-33-17-22(20-7-9-24-25(15-20)39-19-38-24)28(29(36)37)23(33)8-10-26-31-12-5-13-32-26/h4-7,9,11-13,15-16,22-23,28H,2-3,8,10,14,17-19H2,1H3,(H,36,37). The largest absolute Gasteiger partial charge is 0.481 e. The number of anilines is 1. The molecule has 10 heteroatoms. The first-order chi connectivity index (χ1) is 19.0. The lowest BCUT2D eigenvalue weighted by molar-refractivity contribution is -0.143. The molecule has 0 saturated carbocycles. The fourth-order valence-corrected chi connectivity index (χ4v) is 5.56. The lowest BCUT2D eigenvalue weighted by Gasteiger charge is -2.29. The molecule has 5 rings (SSSR count). The van der Waals surface area contributed by atoms with E-state index in [2.05, 4.69) is 21.9 Å². The molecule has 204 valence electrons. The van der Waals surface area contributed by atoms with Gasteiger partial charge in [-0.25, -0.2) is 9.97 Å². The van der Waals surface area contributed by atoms with Gasteiger partial charge in [0.05, 0.1) is 24.3 Å². The number of ether oxygens (including phenoxy) is 2. The molecule has 0 bridgehead atoms. The van der Waals surface area contributed by atoms with Crippen LogP contribution < -0.4 is 14.4 Å². The number of carbonyl (C=O) groups excluding carboxylic acids is 1. The van der Waals surface area contributed by atoms with E-state index in [0.717, 1.165) is 24.1 Å². The Morgan fingerprint density at radius 1 is 1.10 bits per heavy atom. The van der Waals surface area contributed by atoms with Gasteiger partial charge in [-0.05, 0) is 48.7 Å².